The van der Waals surface area contributed by atoms with Crippen molar-refractivity contribution < 1.29 is 9.53 Å². The molecule has 0 spiro atoms. The molecule has 0 heterocycles. The van der Waals surface area contributed by atoms with Crippen molar-refractivity contribution in [3.05, 3.63) is 83.9 Å². The van der Waals surface area contributed by atoms with Gasteiger partial charge in [0.2, 0.25) is 0 Å². The second-order valence-corrected chi connectivity index (χ2v) is 12.3. The molecule has 0 radical (unpaired) electrons. The molecule has 0 N–H and O–H groups in total. The highest BCUT2D eigenvalue weighted by Crippen LogP contribution is 2.38. The number of rotatable bonds is 12. The van der Waals surface area contributed by atoms with Crippen LogP contribution in [0.3, 0.4) is 0 Å². The first-order chi connectivity index (χ1) is 14.6. The molecule has 0 unspecified atom stereocenters. The lowest BCUT2D eigenvalue weighted by Gasteiger charge is -2.27. The molecule has 0 aliphatic rings. The van der Waals surface area contributed by atoms with Crippen molar-refractivity contribution >= 4 is 29.5 Å². The molecule has 168 valence electrons. The zero-order valence-corrected chi connectivity index (χ0v) is 21.2. The third kappa shape index (κ3) is 8.42. The SMILES string of the molecule is C=C(C)C(=O)OC(CCSC(C)(C)c1ccccc1)CCSC(C)(C)c1ccccc1. The molecular formula is C27H36O2S2. The van der Waals surface area contributed by atoms with Crippen LogP contribution in [0.15, 0.2) is 72.8 Å². The summed E-state index contributed by atoms with van der Waals surface area (Å²) >= 11 is 3.82. The quantitative estimate of drug-likeness (QED) is 0.243. The standard InChI is InChI=1S/C27H36O2S2/c1-21(2)25(28)29-24(17-19-30-26(3,4)22-13-9-7-10-14-22)18-20-31-27(5,6)23-15-11-8-12-16-23/h7-16,24H,1,17-20H2,2-6H3. The van der Waals surface area contributed by atoms with Crippen molar-refractivity contribution in [3.63, 3.8) is 0 Å². The summed E-state index contributed by atoms with van der Waals surface area (Å²) < 4.78 is 5.83. The molecule has 0 aliphatic heterocycles. The van der Waals surface area contributed by atoms with E-state index in [-0.39, 0.29) is 21.6 Å². The number of hydrogen-bond donors (Lipinski definition) is 0. The van der Waals surface area contributed by atoms with Crippen molar-refractivity contribution in [3.8, 4) is 0 Å². The highest BCUT2D eigenvalue weighted by Gasteiger charge is 2.24. The molecule has 0 bridgehead atoms. The minimum atomic E-state index is -0.287. The summed E-state index contributed by atoms with van der Waals surface area (Å²) in [6.07, 6.45) is 1.58. The average Bonchev–Trinajstić information content (AvgIpc) is 2.74. The Hall–Kier alpha value is -1.65. The summed E-state index contributed by atoms with van der Waals surface area (Å²) in [7, 11) is 0. The van der Waals surface area contributed by atoms with E-state index in [9.17, 15) is 4.79 Å². The molecular weight excluding hydrogens is 420 g/mol. The lowest BCUT2D eigenvalue weighted by molar-refractivity contribution is -0.144. The lowest BCUT2D eigenvalue weighted by atomic mass is 10.0. The van der Waals surface area contributed by atoms with Crippen LogP contribution in [-0.4, -0.2) is 23.6 Å². The van der Waals surface area contributed by atoms with Gasteiger partial charge in [-0.25, -0.2) is 4.79 Å². The molecule has 2 nitrogen and oxygen atoms in total. The Kier molecular flexibility index (Phi) is 9.77. The number of ether oxygens (including phenoxy) is 1. The highest BCUT2D eigenvalue weighted by molar-refractivity contribution is 8.00. The van der Waals surface area contributed by atoms with E-state index in [1.807, 2.05) is 35.7 Å². The van der Waals surface area contributed by atoms with Crippen molar-refractivity contribution in [2.75, 3.05) is 11.5 Å². The maximum Gasteiger partial charge on any atom is 0.333 e. The Morgan fingerprint density at radius 3 is 1.58 bits per heavy atom. The van der Waals surface area contributed by atoms with E-state index in [1.54, 1.807) is 6.92 Å². The maximum absolute atomic E-state index is 12.2. The molecule has 0 saturated carbocycles. The minimum Gasteiger partial charge on any atom is -0.459 e. The van der Waals surface area contributed by atoms with Crippen LogP contribution in [0.5, 0.6) is 0 Å². The number of carbonyl (C=O) groups is 1. The first-order valence-electron chi connectivity index (χ1n) is 10.9. The van der Waals surface area contributed by atoms with Crippen molar-refractivity contribution in [1.82, 2.24) is 0 Å². The zero-order chi connectivity index (χ0) is 22.9. The summed E-state index contributed by atoms with van der Waals surface area (Å²) in [6, 6.07) is 21.1. The van der Waals surface area contributed by atoms with Gasteiger partial charge in [0.25, 0.3) is 0 Å². The van der Waals surface area contributed by atoms with Gasteiger partial charge in [0, 0.05) is 15.1 Å². The van der Waals surface area contributed by atoms with Crippen LogP contribution in [0.25, 0.3) is 0 Å². The van der Waals surface area contributed by atoms with Gasteiger partial charge >= 0.3 is 5.97 Å². The molecule has 0 amide bonds. The van der Waals surface area contributed by atoms with E-state index in [1.165, 1.54) is 11.1 Å². The summed E-state index contributed by atoms with van der Waals surface area (Å²) in [4.78, 5) is 12.2. The fraction of sp³-hybridized carbons (Fsp3) is 0.444. The monoisotopic (exact) mass is 456 g/mol. The first kappa shape index (κ1) is 25.6. The topological polar surface area (TPSA) is 26.3 Å². The van der Waals surface area contributed by atoms with E-state index >= 15 is 0 Å². The van der Waals surface area contributed by atoms with Crippen molar-refractivity contribution in [2.24, 2.45) is 0 Å². The van der Waals surface area contributed by atoms with E-state index in [0.717, 1.165) is 24.3 Å². The molecule has 0 atom stereocenters. The molecule has 31 heavy (non-hydrogen) atoms. The smallest absolute Gasteiger partial charge is 0.333 e. The maximum atomic E-state index is 12.2. The fourth-order valence-electron chi connectivity index (χ4n) is 3.25. The fourth-order valence-corrected chi connectivity index (χ4v) is 5.64. The van der Waals surface area contributed by atoms with Gasteiger partial charge in [-0.15, -0.1) is 0 Å². The van der Waals surface area contributed by atoms with E-state index < -0.39 is 0 Å². The first-order valence-corrected chi connectivity index (χ1v) is 12.8. The predicted octanol–water partition coefficient (Wildman–Crippen LogP) is 7.59. The van der Waals surface area contributed by atoms with Crippen LogP contribution < -0.4 is 0 Å². The summed E-state index contributed by atoms with van der Waals surface area (Å²) in [6.45, 7) is 14.5. The molecule has 4 heteroatoms. The van der Waals surface area contributed by atoms with Gasteiger partial charge in [-0.3, -0.25) is 0 Å². The summed E-state index contributed by atoms with van der Waals surface area (Å²) in [5.74, 6) is 1.58. The van der Waals surface area contributed by atoms with Gasteiger partial charge in [-0.1, -0.05) is 67.2 Å². The average molecular weight is 457 g/mol. The third-order valence-electron chi connectivity index (χ3n) is 5.37. The van der Waals surface area contributed by atoms with Gasteiger partial charge in [0.15, 0.2) is 0 Å². The number of carbonyl (C=O) groups excluding carboxylic acids is 1. The molecule has 2 aromatic carbocycles. The van der Waals surface area contributed by atoms with Crippen LogP contribution in [0.2, 0.25) is 0 Å². The molecule has 0 fully saturated rings. The van der Waals surface area contributed by atoms with E-state index in [4.69, 9.17) is 4.74 Å². The number of hydrogen-bond acceptors (Lipinski definition) is 4. The highest BCUT2D eigenvalue weighted by atomic mass is 32.2. The van der Waals surface area contributed by atoms with Gasteiger partial charge in [0.05, 0.1) is 0 Å². The second kappa shape index (κ2) is 11.8. The Morgan fingerprint density at radius 1 is 0.839 bits per heavy atom. The van der Waals surface area contributed by atoms with Crippen molar-refractivity contribution in [1.29, 1.82) is 0 Å². The number of esters is 1. The normalized spacial score (nSPS) is 12.1. The number of thioether (sulfide) groups is 2. The van der Waals surface area contributed by atoms with Gasteiger partial charge < -0.3 is 4.74 Å². The minimum absolute atomic E-state index is 0.0220. The number of benzene rings is 2. The van der Waals surface area contributed by atoms with Crippen LogP contribution in [-0.2, 0) is 19.0 Å². The third-order valence-corrected chi connectivity index (χ3v) is 8.16. The van der Waals surface area contributed by atoms with E-state index in [0.29, 0.717) is 5.57 Å². The Balaban J connectivity index is 1.92. The largest absolute Gasteiger partial charge is 0.459 e. The van der Waals surface area contributed by atoms with Gasteiger partial charge in [0.1, 0.15) is 6.10 Å². The Bertz CT molecular complexity index is 771. The van der Waals surface area contributed by atoms with Crippen molar-refractivity contribution in [2.45, 2.75) is 63.1 Å². The van der Waals surface area contributed by atoms with Gasteiger partial charge in [-0.05, 0) is 70.1 Å². The molecule has 2 aromatic rings. The zero-order valence-electron chi connectivity index (χ0n) is 19.5. The van der Waals surface area contributed by atoms with Gasteiger partial charge in [-0.2, -0.15) is 23.5 Å². The van der Waals surface area contributed by atoms with Crippen LogP contribution in [0, 0.1) is 0 Å². The predicted molar refractivity (Wildman–Crippen MR) is 138 cm³/mol. The van der Waals surface area contributed by atoms with E-state index in [2.05, 4.69) is 82.8 Å². The summed E-state index contributed by atoms with van der Waals surface area (Å²) in [5.41, 5.74) is 3.09. The van der Waals surface area contributed by atoms with Crippen LogP contribution in [0.1, 0.15) is 58.6 Å². The van der Waals surface area contributed by atoms with Crippen LogP contribution in [0.4, 0.5) is 0 Å². The summed E-state index contributed by atoms with van der Waals surface area (Å²) in [5, 5.41) is 0. The molecule has 0 aliphatic carbocycles. The van der Waals surface area contributed by atoms with Crippen LogP contribution >= 0.6 is 23.5 Å². The molecule has 0 saturated heterocycles. The second-order valence-electron chi connectivity index (χ2n) is 8.83. The Labute approximate surface area is 197 Å². The lowest BCUT2D eigenvalue weighted by Crippen LogP contribution is -2.22. The molecule has 0 aromatic heterocycles. The Morgan fingerprint density at radius 2 is 1.23 bits per heavy atom. The molecule has 2 rings (SSSR count).